The number of carbonyl (C=O) groups is 1. The summed E-state index contributed by atoms with van der Waals surface area (Å²) in [5, 5.41) is 7.42. The van der Waals surface area contributed by atoms with Crippen LogP contribution in [0.4, 0.5) is 0 Å². The van der Waals surface area contributed by atoms with Crippen molar-refractivity contribution in [3.8, 4) is 0 Å². The molecule has 0 spiro atoms. The molecule has 0 saturated carbocycles. The van der Waals surface area contributed by atoms with Gasteiger partial charge in [0.15, 0.2) is 0 Å². The quantitative estimate of drug-likeness (QED) is 0.589. The van der Waals surface area contributed by atoms with Crippen molar-refractivity contribution >= 4 is 18.4 Å². The standard InChI is InChI=1S/C2H4O2.ClH.H3N.Ru.W/c1-2(3)4;;;;/h1H3,(H,3,4);1H;1H3;;. The van der Waals surface area contributed by atoms with E-state index in [1.807, 2.05) is 0 Å². The molecule has 0 aliphatic carbocycles. The zero-order valence-electron chi connectivity index (χ0n) is 4.23. The molecule has 0 radical (unpaired) electrons. The molecule has 0 rings (SSSR count). The number of hydrogen-bond acceptors (Lipinski definition) is 2. The number of aliphatic carboxylic acids is 1. The van der Waals surface area contributed by atoms with Gasteiger partial charge in [-0.1, -0.05) is 0 Å². The van der Waals surface area contributed by atoms with Crippen LogP contribution in [0.3, 0.4) is 0 Å². The molecular weight excluding hydrogens is 390 g/mol. The Morgan fingerprint density at radius 2 is 1.50 bits per heavy atom. The van der Waals surface area contributed by atoms with Gasteiger partial charge >= 0.3 is 0 Å². The van der Waals surface area contributed by atoms with Crippen molar-refractivity contribution in [2.45, 2.75) is 6.92 Å². The summed E-state index contributed by atoms with van der Waals surface area (Å²) in [7, 11) is 0. The van der Waals surface area contributed by atoms with Gasteiger partial charge < -0.3 is 11.3 Å². The predicted molar refractivity (Wildman–Crippen MR) is 25.6 cm³/mol. The predicted octanol–water partition coefficient (Wildman–Crippen LogP) is 0.670. The first kappa shape index (κ1) is 35.8. The minimum atomic E-state index is -0.833. The van der Waals surface area contributed by atoms with Gasteiger partial charge in [-0.15, -0.1) is 12.4 Å². The van der Waals surface area contributed by atoms with Gasteiger partial charge in [-0.25, -0.2) is 0 Å². The van der Waals surface area contributed by atoms with Crippen LogP contribution >= 0.6 is 12.4 Å². The molecule has 0 aliphatic rings. The van der Waals surface area contributed by atoms with Crippen molar-refractivity contribution in [2.24, 2.45) is 0 Å². The first-order valence-corrected chi connectivity index (χ1v) is 0.928. The van der Waals surface area contributed by atoms with Gasteiger partial charge in [0.05, 0.1) is 0 Å². The molecule has 0 fully saturated rings. The van der Waals surface area contributed by atoms with Gasteiger partial charge in [-0.3, -0.25) is 4.79 Å². The molecule has 0 aromatic carbocycles. The summed E-state index contributed by atoms with van der Waals surface area (Å²) >= 11 is 0. The average Bonchev–Trinajstić information content (AvgIpc) is 0.811. The maximum atomic E-state index is 9.00. The number of rotatable bonds is 0. The molecule has 0 atom stereocenters. The summed E-state index contributed by atoms with van der Waals surface area (Å²) in [6, 6.07) is 0. The second-order valence-electron chi connectivity index (χ2n) is 0.519. The fourth-order valence-corrected chi connectivity index (χ4v) is 0. The van der Waals surface area contributed by atoms with Crippen LogP contribution in [0, 0.1) is 0 Å². The van der Waals surface area contributed by atoms with E-state index in [9.17, 15) is 0 Å². The Morgan fingerprint density at radius 3 is 1.50 bits per heavy atom. The summed E-state index contributed by atoms with van der Waals surface area (Å²) in [5.74, 6) is -0.833. The second kappa shape index (κ2) is 24.4. The number of carboxylic acids is 1. The number of halogens is 1. The van der Waals surface area contributed by atoms with Crippen molar-refractivity contribution in [2.75, 3.05) is 0 Å². The van der Waals surface area contributed by atoms with Crippen LogP contribution in [-0.2, 0) is 45.3 Å². The summed E-state index contributed by atoms with van der Waals surface area (Å²) < 4.78 is 0. The van der Waals surface area contributed by atoms with E-state index in [1.165, 1.54) is 0 Å². The maximum Gasteiger partial charge on any atom is 0.300 e. The van der Waals surface area contributed by atoms with Crippen LogP contribution in [0.5, 0.6) is 0 Å². The third kappa shape index (κ3) is 240. The normalized spacial score (nSPS) is 3.12. The second-order valence-corrected chi connectivity index (χ2v) is 0.519. The molecule has 0 saturated heterocycles. The minimum Gasteiger partial charge on any atom is -0.481 e. The van der Waals surface area contributed by atoms with Gasteiger partial charge in [0, 0.05) is 47.5 Å². The third-order valence-corrected chi connectivity index (χ3v) is 0. The van der Waals surface area contributed by atoms with Crippen LogP contribution in [0.15, 0.2) is 0 Å². The summed E-state index contributed by atoms with van der Waals surface area (Å²) in [6.45, 7) is 1.08. The van der Waals surface area contributed by atoms with Crippen LogP contribution in [0.25, 0.3) is 0 Å². The zero-order chi connectivity index (χ0) is 3.58. The monoisotopic (exact) mass is 399 g/mol. The molecule has 0 bridgehead atoms. The van der Waals surface area contributed by atoms with E-state index >= 15 is 0 Å². The van der Waals surface area contributed by atoms with Crippen molar-refractivity contribution in [3.63, 3.8) is 0 Å². The van der Waals surface area contributed by atoms with E-state index in [-0.39, 0.29) is 59.1 Å². The Hall–Kier alpha value is 1.03. The molecule has 0 aromatic rings. The molecule has 8 heavy (non-hydrogen) atoms. The van der Waals surface area contributed by atoms with Crippen molar-refractivity contribution in [1.82, 2.24) is 6.15 Å². The van der Waals surface area contributed by atoms with Crippen LogP contribution in [0.2, 0.25) is 0 Å². The molecule has 54 valence electrons. The first-order chi connectivity index (χ1) is 1.73. The van der Waals surface area contributed by atoms with E-state index in [0.717, 1.165) is 6.92 Å². The van der Waals surface area contributed by atoms with Gasteiger partial charge in [0.1, 0.15) is 0 Å². The van der Waals surface area contributed by atoms with E-state index in [0.29, 0.717) is 0 Å². The Morgan fingerprint density at radius 1 is 1.50 bits per heavy atom. The van der Waals surface area contributed by atoms with Crippen LogP contribution in [-0.4, -0.2) is 11.1 Å². The van der Waals surface area contributed by atoms with E-state index in [2.05, 4.69) is 0 Å². The average molecular weight is 398 g/mol. The summed E-state index contributed by atoms with van der Waals surface area (Å²) in [5.41, 5.74) is 0. The first-order valence-electron chi connectivity index (χ1n) is 0.928. The molecule has 0 aromatic heterocycles. The van der Waals surface area contributed by atoms with Crippen molar-refractivity contribution in [1.29, 1.82) is 0 Å². The minimum absolute atomic E-state index is 0. The van der Waals surface area contributed by atoms with Crippen molar-refractivity contribution in [3.05, 3.63) is 0 Å². The zero-order valence-corrected chi connectivity index (χ0v) is 9.72. The summed E-state index contributed by atoms with van der Waals surface area (Å²) in [4.78, 5) is 9.00. The van der Waals surface area contributed by atoms with Gasteiger partial charge in [0.2, 0.25) is 0 Å². The topological polar surface area (TPSA) is 72.3 Å². The molecular formula is C2H8ClNO2RuW. The van der Waals surface area contributed by atoms with Gasteiger partial charge in [-0.2, -0.15) is 0 Å². The molecule has 0 amide bonds. The van der Waals surface area contributed by atoms with Crippen molar-refractivity contribution < 1.29 is 50.4 Å². The largest absolute Gasteiger partial charge is 0.481 e. The third-order valence-electron chi connectivity index (χ3n) is 0. The fraction of sp³-hybridized carbons (Fsp3) is 0.500. The molecule has 3 nitrogen and oxygen atoms in total. The molecule has 6 heteroatoms. The van der Waals surface area contributed by atoms with E-state index < -0.39 is 5.97 Å². The molecule has 0 heterocycles. The van der Waals surface area contributed by atoms with Crippen LogP contribution in [0.1, 0.15) is 6.92 Å². The Bertz CT molecular complexity index is 43.0. The molecule has 0 aliphatic heterocycles. The summed E-state index contributed by atoms with van der Waals surface area (Å²) in [6.07, 6.45) is 0. The Balaban J connectivity index is -0.00000000750. The Kier molecular flexibility index (Phi) is 109. The molecule has 4 N–H and O–H groups in total. The SMILES string of the molecule is CC(=O)O.Cl.N.[Ru].[W]. The number of carboxylic acid groups (broad SMARTS) is 1. The Labute approximate surface area is 81.6 Å². The van der Waals surface area contributed by atoms with Gasteiger partial charge in [0.25, 0.3) is 5.97 Å². The van der Waals surface area contributed by atoms with E-state index in [1.54, 1.807) is 0 Å². The van der Waals surface area contributed by atoms with Gasteiger partial charge in [-0.05, 0) is 0 Å². The van der Waals surface area contributed by atoms with Crippen LogP contribution < -0.4 is 6.15 Å². The fourth-order valence-electron chi connectivity index (χ4n) is 0. The molecule has 0 unspecified atom stereocenters. The maximum absolute atomic E-state index is 9.00. The number of hydrogen-bond donors (Lipinski definition) is 2. The smallest absolute Gasteiger partial charge is 0.300 e. The van der Waals surface area contributed by atoms with E-state index in [4.69, 9.17) is 9.90 Å².